The number of carbonyl (C=O) groups is 1. The molecule has 29 heavy (non-hydrogen) atoms. The summed E-state index contributed by atoms with van der Waals surface area (Å²) in [6.45, 7) is 1.57. The van der Waals surface area contributed by atoms with Crippen LogP contribution in [0.2, 0.25) is 0 Å². The molecule has 1 aromatic carbocycles. The van der Waals surface area contributed by atoms with E-state index in [1.165, 1.54) is 12.1 Å². The van der Waals surface area contributed by atoms with Crippen LogP contribution in [-0.4, -0.2) is 48.5 Å². The predicted molar refractivity (Wildman–Crippen MR) is 106 cm³/mol. The maximum Gasteiger partial charge on any atom is 0.153 e. The highest BCUT2D eigenvalue weighted by Crippen LogP contribution is 2.46. The Bertz CT molecular complexity index is 1050. The van der Waals surface area contributed by atoms with Gasteiger partial charge in [0, 0.05) is 31.2 Å². The Morgan fingerprint density at radius 3 is 2.79 bits per heavy atom. The summed E-state index contributed by atoms with van der Waals surface area (Å²) in [6, 6.07) is 6.38. The van der Waals surface area contributed by atoms with Gasteiger partial charge in [0.25, 0.3) is 0 Å². The fourth-order valence-electron chi connectivity index (χ4n) is 4.55. The van der Waals surface area contributed by atoms with Crippen LogP contribution in [0.25, 0.3) is 5.69 Å². The second-order valence-electron chi connectivity index (χ2n) is 7.85. The molecule has 1 saturated heterocycles. The Morgan fingerprint density at radius 2 is 2.07 bits per heavy atom. The molecule has 9 heteroatoms. The van der Waals surface area contributed by atoms with E-state index in [0.717, 1.165) is 47.6 Å². The van der Waals surface area contributed by atoms with E-state index in [1.54, 1.807) is 42.1 Å². The molecule has 3 aromatic rings. The van der Waals surface area contributed by atoms with Crippen LogP contribution in [-0.2, 0) is 24.7 Å². The van der Waals surface area contributed by atoms with Crippen molar-refractivity contribution >= 4 is 18.2 Å². The summed E-state index contributed by atoms with van der Waals surface area (Å²) in [5.41, 5.74) is 2.66. The number of piperidine rings is 1. The molecule has 2 aromatic heterocycles. The summed E-state index contributed by atoms with van der Waals surface area (Å²) < 4.78 is 17.4. The first-order valence-corrected chi connectivity index (χ1v) is 10.4. The zero-order chi connectivity index (χ0) is 20.0. The molecule has 2 atom stereocenters. The third-order valence-corrected chi connectivity index (χ3v) is 6.98. The van der Waals surface area contributed by atoms with E-state index in [2.05, 4.69) is 19.6 Å². The smallest absolute Gasteiger partial charge is 0.153 e. The van der Waals surface area contributed by atoms with Crippen LogP contribution >= 0.6 is 11.9 Å². The summed E-state index contributed by atoms with van der Waals surface area (Å²) >= 11 is 1.56. The lowest BCUT2D eigenvalue weighted by atomic mass is 9.64. The van der Waals surface area contributed by atoms with Gasteiger partial charge in [-0.15, -0.1) is 5.10 Å². The van der Waals surface area contributed by atoms with Crippen molar-refractivity contribution in [2.24, 2.45) is 18.4 Å². The Labute approximate surface area is 172 Å². The first-order chi connectivity index (χ1) is 14.1. The number of hydrogen-bond donors (Lipinski definition) is 0. The SMILES string of the molecule is Cn1ncc(SN2CCC3Cc4c(cnn4-c4ccc(F)cc4)C[C@]3(C=O)C2)n1. The second kappa shape index (κ2) is 7.07. The van der Waals surface area contributed by atoms with Crippen molar-refractivity contribution in [2.45, 2.75) is 24.3 Å². The van der Waals surface area contributed by atoms with Crippen LogP contribution in [0.5, 0.6) is 0 Å². The highest BCUT2D eigenvalue weighted by molar-refractivity contribution is 7.97. The zero-order valence-electron chi connectivity index (χ0n) is 16.0. The molecule has 5 rings (SSSR count). The molecule has 0 radical (unpaired) electrons. The molecule has 3 heterocycles. The first kappa shape index (κ1) is 18.5. The first-order valence-electron chi connectivity index (χ1n) is 9.64. The molecule has 1 aliphatic carbocycles. The molecule has 0 amide bonds. The average molecular weight is 412 g/mol. The van der Waals surface area contributed by atoms with E-state index in [4.69, 9.17) is 0 Å². The van der Waals surface area contributed by atoms with E-state index in [0.29, 0.717) is 13.0 Å². The molecular formula is C20H21FN6OS. The minimum atomic E-state index is -0.420. The van der Waals surface area contributed by atoms with Crippen molar-refractivity contribution < 1.29 is 9.18 Å². The maximum absolute atomic E-state index is 13.3. The standard InChI is InChI=1S/C20H21FN6OS/c1-25-22-11-19(24-25)29-26-7-6-15-8-18-14(9-20(15,12-26)13-28)10-23-27(18)17-4-2-16(21)3-5-17/h2-5,10-11,13,15H,6-9,12H2,1H3/t15?,20-/m1/s1. The van der Waals surface area contributed by atoms with Crippen LogP contribution in [0.3, 0.4) is 0 Å². The topological polar surface area (TPSA) is 68.8 Å². The minimum Gasteiger partial charge on any atom is -0.303 e. The summed E-state index contributed by atoms with van der Waals surface area (Å²) in [5, 5.41) is 13.8. The van der Waals surface area contributed by atoms with Gasteiger partial charge in [-0.2, -0.15) is 15.0 Å². The van der Waals surface area contributed by atoms with E-state index in [-0.39, 0.29) is 11.7 Å². The van der Waals surface area contributed by atoms with Crippen LogP contribution in [0.4, 0.5) is 4.39 Å². The zero-order valence-corrected chi connectivity index (χ0v) is 16.8. The molecule has 1 fully saturated rings. The van der Waals surface area contributed by atoms with Crippen molar-refractivity contribution in [1.29, 1.82) is 0 Å². The number of aryl methyl sites for hydroxylation is 1. The Morgan fingerprint density at radius 1 is 1.24 bits per heavy atom. The van der Waals surface area contributed by atoms with Crippen molar-refractivity contribution in [2.75, 3.05) is 13.1 Å². The van der Waals surface area contributed by atoms with Gasteiger partial charge in [0.1, 0.15) is 12.1 Å². The lowest BCUT2D eigenvalue weighted by molar-refractivity contribution is -0.122. The Balaban J connectivity index is 1.41. The highest BCUT2D eigenvalue weighted by atomic mass is 32.2. The molecule has 7 nitrogen and oxygen atoms in total. The van der Waals surface area contributed by atoms with Crippen molar-refractivity contribution in [3.05, 3.63) is 53.7 Å². The number of halogens is 1. The lowest BCUT2D eigenvalue weighted by Crippen LogP contribution is -2.51. The largest absolute Gasteiger partial charge is 0.303 e. The van der Waals surface area contributed by atoms with Gasteiger partial charge >= 0.3 is 0 Å². The van der Waals surface area contributed by atoms with Gasteiger partial charge in [0.05, 0.1) is 18.1 Å². The molecule has 0 bridgehead atoms. The summed E-state index contributed by atoms with van der Waals surface area (Å²) in [5.74, 6) is 0.00447. The maximum atomic E-state index is 13.3. The average Bonchev–Trinajstić information content (AvgIpc) is 3.32. The lowest BCUT2D eigenvalue weighted by Gasteiger charge is -2.47. The number of nitrogens with zero attached hydrogens (tertiary/aromatic N) is 6. The van der Waals surface area contributed by atoms with Crippen LogP contribution < -0.4 is 0 Å². The molecule has 1 aliphatic heterocycles. The van der Waals surface area contributed by atoms with E-state index in [1.807, 2.05) is 10.9 Å². The number of hydrogen-bond acceptors (Lipinski definition) is 6. The monoisotopic (exact) mass is 412 g/mol. The van der Waals surface area contributed by atoms with Gasteiger partial charge in [-0.25, -0.2) is 13.4 Å². The summed E-state index contributed by atoms with van der Waals surface area (Å²) in [7, 11) is 1.80. The van der Waals surface area contributed by atoms with Crippen LogP contribution in [0.15, 0.2) is 41.7 Å². The molecule has 0 spiro atoms. The fraction of sp³-hybridized carbons (Fsp3) is 0.400. The van der Waals surface area contributed by atoms with Crippen LogP contribution in [0.1, 0.15) is 17.7 Å². The molecular weight excluding hydrogens is 391 g/mol. The minimum absolute atomic E-state index is 0.261. The number of aromatic nitrogens is 5. The molecule has 2 aliphatic rings. The fourth-order valence-corrected chi connectivity index (χ4v) is 5.56. The van der Waals surface area contributed by atoms with Crippen molar-refractivity contribution in [3.63, 3.8) is 0 Å². The third kappa shape index (κ3) is 3.28. The molecule has 0 saturated carbocycles. The van der Waals surface area contributed by atoms with E-state index >= 15 is 0 Å². The second-order valence-corrected chi connectivity index (χ2v) is 8.97. The van der Waals surface area contributed by atoms with Crippen molar-refractivity contribution in [1.82, 2.24) is 29.1 Å². The van der Waals surface area contributed by atoms with E-state index < -0.39 is 5.41 Å². The molecule has 1 unspecified atom stereocenters. The number of carbonyl (C=O) groups excluding carboxylic acids is 1. The third-order valence-electron chi connectivity index (χ3n) is 6.03. The molecule has 150 valence electrons. The van der Waals surface area contributed by atoms with Gasteiger partial charge < -0.3 is 4.79 Å². The number of aldehydes is 1. The van der Waals surface area contributed by atoms with Gasteiger partial charge in [0.15, 0.2) is 5.03 Å². The van der Waals surface area contributed by atoms with Gasteiger partial charge in [0.2, 0.25) is 0 Å². The Kier molecular flexibility index (Phi) is 4.51. The summed E-state index contributed by atoms with van der Waals surface area (Å²) in [4.78, 5) is 13.8. The number of benzene rings is 1. The molecule has 0 N–H and O–H groups in total. The van der Waals surface area contributed by atoms with Crippen LogP contribution in [0, 0.1) is 17.2 Å². The Hall–Kier alpha value is -2.52. The number of fused-ring (bicyclic) bond motifs is 2. The normalized spacial score (nSPS) is 24.1. The highest BCUT2D eigenvalue weighted by Gasteiger charge is 2.48. The van der Waals surface area contributed by atoms with Gasteiger partial charge in [-0.3, -0.25) is 0 Å². The summed E-state index contributed by atoms with van der Waals surface area (Å²) in [6.07, 6.45) is 7.16. The van der Waals surface area contributed by atoms with Crippen molar-refractivity contribution in [3.8, 4) is 5.69 Å². The van der Waals surface area contributed by atoms with Gasteiger partial charge in [-0.1, -0.05) is 0 Å². The van der Waals surface area contributed by atoms with Gasteiger partial charge in [-0.05, 0) is 67.0 Å². The van der Waals surface area contributed by atoms with E-state index in [9.17, 15) is 9.18 Å². The predicted octanol–water partition coefficient (Wildman–Crippen LogP) is 2.45. The quantitative estimate of drug-likeness (QED) is 0.484. The number of rotatable bonds is 4.